The molecule has 0 saturated heterocycles. The van der Waals surface area contributed by atoms with Crippen LogP contribution in [0.2, 0.25) is 0 Å². The van der Waals surface area contributed by atoms with E-state index in [2.05, 4.69) is 20.4 Å². The summed E-state index contributed by atoms with van der Waals surface area (Å²) < 4.78 is 0. The molecule has 0 unspecified atom stereocenters. The van der Waals surface area contributed by atoms with Crippen LogP contribution >= 0.6 is 0 Å². The SMILES string of the molecule is C1CCC1.C=CC.CC.CC.CC.CC.CC.CCC. The van der Waals surface area contributed by atoms with Crippen LogP contribution in [0, 0.1) is 0 Å². The van der Waals surface area contributed by atoms with Crippen molar-refractivity contribution in [3.8, 4) is 0 Å². The van der Waals surface area contributed by atoms with Crippen LogP contribution < -0.4 is 0 Å². The van der Waals surface area contributed by atoms with Crippen molar-refractivity contribution >= 4 is 0 Å². The average molecular weight is 293 g/mol. The predicted molar refractivity (Wildman–Crippen MR) is 107 cm³/mol. The van der Waals surface area contributed by atoms with Crippen LogP contribution in [0.3, 0.4) is 0 Å². The highest BCUT2D eigenvalue weighted by Gasteiger charge is 1.95. The average Bonchev–Trinajstić information content (AvgIpc) is 2.49. The topological polar surface area (TPSA) is 0 Å². The Kier molecular flexibility index (Phi) is 382. The molecule has 0 amide bonds. The van der Waals surface area contributed by atoms with Gasteiger partial charge in [0, 0.05) is 0 Å². The summed E-state index contributed by atoms with van der Waals surface area (Å²) in [4.78, 5) is 0. The highest BCUT2D eigenvalue weighted by molar-refractivity contribution is 4.51. The molecule has 0 aromatic carbocycles. The molecular weight excluding hydrogens is 240 g/mol. The molecule has 0 spiro atoms. The van der Waals surface area contributed by atoms with Gasteiger partial charge in [-0.25, -0.2) is 0 Å². The van der Waals surface area contributed by atoms with Crippen molar-refractivity contribution in [3.05, 3.63) is 12.7 Å². The fourth-order valence-electron chi connectivity index (χ4n) is 0.250. The molecule has 0 bridgehead atoms. The standard InChI is InChI=1S/C4H8.C3H8.C3H6.5C2H6/c1-2-4-3-1;2*1-3-2;5*1-2/h1-4H2;3H2,1-2H3;3H,1H2,2H3;5*1-2H3. The van der Waals surface area contributed by atoms with Gasteiger partial charge in [-0.1, -0.05) is 121 Å². The first-order valence-electron chi connectivity index (χ1n) is 9.40. The summed E-state index contributed by atoms with van der Waals surface area (Å²) in [6.07, 6.45) is 9.00. The third kappa shape index (κ3) is 355. The Labute approximate surface area is 135 Å². The van der Waals surface area contributed by atoms with Crippen LogP contribution in [0.15, 0.2) is 12.7 Å². The molecule has 1 aliphatic carbocycles. The molecule has 0 atom stereocenters. The van der Waals surface area contributed by atoms with Crippen LogP contribution in [-0.2, 0) is 0 Å². The third-order valence-electron chi connectivity index (χ3n) is 1.000. The molecule has 0 radical (unpaired) electrons. The maximum absolute atomic E-state index is 3.36. The van der Waals surface area contributed by atoms with Gasteiger partial charge in [0.2, 0.25) is 0 Å². The molecule has 0 heteroatoms. The lowest BCUT2D eigenvalue weighted by atomic mass is 10.0. The van der Waals surface area contributed by atoms with Gasteiger partial charge >= 0.3 is 0 Å². The van der Waals surface area contributed by atoms with Gasteiger partial charge in [0.1, 0.15) is 0 Å². The van der Waals surface area contributed by atoms with E-state index in [1.54, 1.807) is 6.08 Å². The van der Waals surface area contributed by atoms with Gasteiger partial charge in [-0.05, 0) is 6.92 Å². The Balaban J connectivity index is -0.0000000198. The normalized spacial score (nSPS) is 7.85. The number of hydrogen-bond donors (Lipinski definition) is 0. The van der Waals surface area contributed by atoms with Gasteiger partial charge in [0.15, 0.2) is 0 Å². The largest absolute Gasteiger partial charge is 0.103 e. The summed E-state index contributed by atoms with van der Waals surface area (Å²) >= 11 is 0. The molecule has 0 heterocycles. The maximum Gasteiger partial charge on any atom is -0.0473 e. The summed E-state index contributed by atoms with van der Waals surface area (Å²) in [5.74, 6) is 0. The number of allylic oxidation sites excluding steroid dienone is 1. The molecule has 1 fully saturated rings. The first-order valence-corrected chi connectivity index (χ1v) is 9.40. The van der Waals surface area contributed by atoms with E-state index in [1.807, 2.05) is 76.2 Å². The summed E-state index contributed by atoms with van der Waals surface area (Å²) in [5, 5.41) is 0. The minimum Gasteiger partial charge on any atom is -0.103 e. The Hall–Kier alpha value is -0.260. The van der Waals surface area contributed by atoms with Gasteiger partial charge in [-0.2, -0.15) is 0 Å². The summed E-state index contributed by atoms with van der Waals surface area (Å²) in [5.41, 5.74) is 0. The van der Waals surface area contributed by atoms with Crippen LogP contribution in [-0.4, -0.2) is 0 Å². The molecule has 0 aromatic rings. The zero-order valence-electron chi connectivity index (χ0n) is 17.8. The van der Waals surface area contributed by atoms with E-state index in [-0.39, 0.29) is 0 Å². The fraction of sp³-hybridized carbons (Fsp3) is 0.900. The van der Waals surface area contributed by atoms with Crippen molar-refractivity contribution < 1.29 is 0 Å². The van der Waals surface area contributed by atoms with Crippen molar-refractivity contribution in [2.75, 3.05) is 0 Å². The quantitative estimate of drug-likeness (QED) is 0.390. The Morgan fingerprint density at radius 2 is 0.650 bits per heavy atom. The van der Waals surface area contributed by atoms with Crippen LogP contribution in [0.1, 0.15) is 122 Å². The van der Waals surface area contributed by atoms with Gasteiger partial charge < -0.3 is 0 Å². The van der Waals surface area contributed by atoms with E-state index < -0.39 is 0 Å². The van der Waals surface area contributed by atoms with Crippen molar-refractivity contribution in [2.45, 2.75) is 122 Å². The number of rotatable bonds is 0. The highest BCUT2D eigenvalue weighted by atomic mass is 14.0. The Morgan fingerprint density at radius 1 is 0.600 bits per heavy atom. The lowest BCUT2D eigenvalue weighted by molar-refractivity contribution is 0.504. The highest BCUT2D eigenvalue weighted by Crippen LogP contribution is 2.15. The lowest BCUT2D eigenvalue weighted by Crippen LogP contribution is -1.85. The van der Waals surface area contributed by atoms with Crippen LogP contribution in [0.5, 0.6) is 0 Å². The van der Waals surface area contributed by atoms with Crippen molar-refractivity contribution in [1.29, 1.82) is 0 Å². The summed E-state index contributed by atoms with van der Waals surface area (Å²) in [6, 6.07) is 0. The van der Waals surface area contributed by atoms with Crippen molar-refractivity contribution in [2.24, 2.45) is 0 Å². The second-order valence-electron chi connectivity index (χ2n) is 2.53. The van der Waals surface area contributed by atoms with E-state index in [0.717, 1.165) is 0 Å². The van der Waals surface area contributed by atoms with Gasteiger partial charge in [0.25, 0.3) is 0 Å². The second kappa shape index (κ2) is 179. The minimum absolute atomic E-state index is 1.25. The number of hydrogen-bond acceptors (Lipinski definition) is 0. The summed E-state index contributed by atoms with van der Waals surface area (Å²) in [6.45, 7) is 29.5. The molecule has 0 N–H and O–H groups in total. The van der Waals surface area contributed by atoms with E-state index in [1.165, 1.54) is 32.1 Å². The Morgan fingerprint density at radius 3 is 0.650 bits per heavy atom. The molecule has 0 aliphatic heterocycles. The maximum atomic E-state index is 3.36. The molecule has 20 heavy (non-hydrogen) atoms. The molecule has 132 valence electrons. The second-order valence-corrected chi connectivity index (χ2v) is 2.53. The van der Waals surface area contributed by atoms with Gasteiger partial charge in [0.05, 0.1) is 0 Å². The van der Waals surface area contributed by atoms with Crippen LogP contribution in [0.4, 0.5) is 0 Å². The lowest BCUT2D eigenvalue weighted by Gasteiger charge is -2.05. The molecule has 1 rings (SSSR count). The zero-order chi connectivity index (χ0) is 18.2. The van der Waals surface area contributed by atoms with E-state index in [0.29, 0.717) is 0 Å². The third-order valence-corrected chi connectivity index (χ3v) is 1.000. The molecular formula is C20H52. The fourth-order valence-corrected chi connectivity index (χ4v) is 0.250. The smallest absolute Gasteiger partial charge is 0.0473 e. The molecule has 1 aliphatic rings. The monoisotopic (exact) mass is 292 g/mol. The molecule has 0 nitrogen and oxygen atoms in total. The van der Waals surface area contributed by atoms with E-state index in [9.17, 15) is 0 Å². The van der Waals surface area contributed by atoms with Gasteiger partial charge in [-0.3, -0.25) is 0 Å². The summed E-state index contributed by atoms with van der Waals surface area (Å²) in [7, 11) is 0. The van der Waals surface area contributed by atoms with Gasteiger partial charge in [-0.15, -0.1) is 6.58 Å². The van der Waals surface area contributed by atoms with E-state index >= 15 is 0 Å². The molecule has 1 saturated carbocycles. The predicted octanol–water partition coefficient (Wildman–Crippen LogP) is 9.30. The van der Waals surface area contributed by atoms with Crippen molar-refractivity contribution in [1.82, 2.24) is 0 Å². The van der Waals surface area contributed by atoms with Crippen molar-refractivity contribution in [3.63, 3.8) is 0 Å². The van der Waals surface area contributed by atoms with Crippen LogP contribution in [0.25, 0.3) is 0 Å². The first-order chi connectivity index (χ1) is 9.83. The Bertz CT molecular complexity index is 38.0. The zero-order valence-corrected chi connectivity index (χ0v) is 17.8. The minimum atomic E-state index is 1.25. The molecule has 0 aromatic heterocycles. The van der Waals surface area contributed by atoms with E-state index in [4.69, 9.17) is 0 Å². The first kappa shape index (κ1) is 42.7.